The lowest BCUT2D eigenvalue weighted by atomic mass is 10.2. The summed E-state index contributed by atoms with van der Waals surface area (Å²) in [5.74, 6) is 0.565. The third kappa shape index (κ3) is 1.37. The highest BCUT2D eigenvalue weighted by molar-refractivity contribution is 5.68. The Hall–Kier alpha value is -1.38. The Morgan fingerprint density at radius 2 is 1.64 bits per heavy atom. The average Bonchev–Trinajstić information content (AvgIpc) is 1.85. The lowest BCUT2D eigenvalue weighted by molar-refractivity contribution is 0.419. The van der Waals surface area contributed by atoms with Crippen molar-refractivity contribution in [2.45, 2.75) is 6.92 Å². The molecule has 3 nitrogen and oxygen atoms in total. The Labute approximate surface area is 66.0 Å². The van der Waals surface area contributed by atoms with E-state index in [4.69, 9.17) is 16.2 Å². The van der Waals surface area contributed by atoms with Gasteiger partial charge < -0.3 is 16.2 Å². The molecule has 0 fully saturated rings. The van der Waals surface area contributed by atoms with Gasteiger partial charge in [-0.2, -0.15) is 0 Å². The van der Waals surface area contributed by atoms with E-state index in [-0.39, 0.29) is 0 Å². The number of hydrogen-bond acceptors (Lipinski definition) is 3. The van der Waals surface area contributed by atoms with Gasteiger partial charge in [0.05, 0.1) is 18.5 Å². The van der Waals surface area contributed by atoms with Gasteiger partial charge in [0.1, 0.15) is 0 Å². The largest absolute Gasteiger partial charge is 0.492 e. The minimum atomic E-state index is 0.565. The quantitative estimate of drug-likeness (QED) is 0.594. The smallest absolute Gasteiger partial charge is 0.164 e. The zero-order valence-electron chi connectivity index (χ0n) is 6.72. The van der Waals surface area contributed by atoms with Crippen LogP contribution in [0.2, 0.25) is 0 Å². The molecule has 60 valence electrons. The summed E-state index contributed by atoms with van der Waals surface area (Å²) in [6, 6.07) is 3.66. The molecule has 0 spiro atoms. The molecule has 0 aromatic heterocycles. The fourth-order valence-corrected chi connectivity index (χ4v) is 1.07. The molecule has 0 aliphatic heterocycles. The SMILES string of the molecule is COc1c(N)cc(C)cc1N. The molecule has 1 rings (SSSR count). The zero-order chi connectivity index (χ0) is 8.43. The van der Waals surface area contributed by atoms with Crippen molar-refractivity contribution < 1.29 is 4.74 Å². The molecule has 0 unspecified atom stereocenters. The molecule has 0 amide bonds. The van der Waals surface area contributed by atoms with Crippen molar-refractivity contribution in [1.82, 2.24) is 0 Å². The Bertz CT molecular complexity index is 248. The average molecular weight is 152 g/mol. The van der Waals surface area contributed by atoms with E-state index in [1.165, 1.54) is 0 Å². The van der Waals surface area contributed by atoms with Crippen molar-refractivity contribution in [2.24, 2.45) is 0 Å². The molecule has 1 aromatic carbocycles. The predicted molar refractivity (Wildman–Crippen MR) is 46.6 cm³/mol. The van der Waals surface area contributed by atoms with Gasteiger partial charge in [-0.05, 0) is 24.6 Å². The number of ether oxygens (including phenoxy) is 1. The van der Waals surface area contributed by atoms with Gasteiger partial charge in [-0.1, -0.05) is 0 Å². The fourth-order valence-electron chi connectivity index (χ4n) is 1.07. The van der Waals surface area contributed by atoms with Crippen molar-refractivity contribution in [3.63, 3.8) is 0 Å². The van der Waals surface area contributed by atoms with E-state index in [2.05, 4.69) is 0 Å². The Balaban J connectivity index is 3.25. The first-order valence-corrected chi connectivity index (χ1v) is 3.34. The first kappa shape index (κ1) is 7.72. The molecule has 0 radical (unpaired) electrons. The van der Waals surface area contributed by atoms with Gasteiger partial charge in [0, 0.05) is 0 Å². The number of nitrogens with two attached hydrogens (primary N) is 2. The molecular weight excluding hydrogens is 140 g/mol. The van der Waals surface area contributed by atoms with Gasteiger partial charge in [-0.25, -0.2) is 0 Å². The molecule has 0 atom stereocenters. The molecule has 3 heteroatoms. The van der Waals surface area contributed by atoms with Crippen LogP contribution in [-0.2, 0) is 0 Å². The van der Waals surface area contributed by atoms with Crippen LogP contribution >= 0.6 is 0 Å². The van der Waals surface area contributed by atoms with Crippen LogP contribution in [0, 0.1) is 6.92 Å². The molecular formula is C8H12N2O. The molecule has 4 N–H and O–H groups in total. The van der Waals surface area contributed by atoms with Crippen LogP contribution in [0.5, 0.6) is 5.75 Å². The molecule has 11 heavy (non-hydrogen) atoms. The van der Waals surface area contributed by atoms with Gasteiger partial charge >= 0.3 is 0 Å². The molecule has 1 aromatic rings. The van der Waals surface area contributed by atoms with Crippen LogP contribution in [0.15, 0.2) is 12.1 Å². The van der Waals surface area contributed by atoms with E-state index < -0.39 is 0 Å². The van der Waals surface area contributed by atoms with Crippen molar-refractivity contribution in [3.8, 4) is 5.75 Å². The summed E-state index contributed by atoms with van der Waals surface area (Å²) in [4.78, 5) is 0. The molecule has 0 saturated heterocycles. The summed E-state index contributed by atoms with van der Waals surface area (Å²) in [6.45, 7) is 1.94. The van der Waals surface area contributed by atoms with E-state index in [1.807, 2.05) is 19.1 Å². The number of hydrogen-bond donors (Lipinski definition) is 2. The van der Waals surface area contributed by atoms with Crippen LogP contribution < -0.4 is 16.2 Å². The van der Waals surface area contributed by atoms with Crippen LogP contribution in [0.25, 0.3) is 0 Å². The second-order valence-corrected chi connectivity index (χ2v) is 2.48. The Morgan fingerprint density at radius 1 is 1.18 bits per heavy atom. The summed E-state index contributed by atoms with van der Waals surface area (Å²) in [6.07, 6.45) is 0. The fraction of sp³-hybridized carbons (Fsp3) is 0.250. The third-order valence-electron chi connectivity index (χ3n) is 1.49. The number of anilines is 2. The first-order chi connectivity index (χ1) is 5.15. The highest BCUT2D eigenvalue weighted by Crippen LogP contribution is 2.29. The van der Waals surface area contributed by atoms with Crippen molar-refractivity contribution >= 4 is 11.4 Å². The Kier molecular flexibility index (Phi) is 1.89. The number of methoxy groups -OCH3 is 1. The van der Waals surface area contributed by atoms with Gasteiger partial charge in [-0.3, -0.25) is 0 Å². The van der Waals surface area contributed by atoms with E-state index >= 15 is 0 Å². The van der Waals surface area contributed by atoms with Crippen molar-refractivity contribution in [3.05, 3.63) is 17.7 Å². The summed E-state index contributed by atoms with van der Waals surface area (Å²) in [5.41, 5.74) is 13.5. The molecule has 0 aliphatic carbocycles. The zero-order valence-corrected chi connectivity index (χ0v) is 6.72. The third-order valence-corrected chi connectivity index (χ3v) is 1.49. The van der Waals surface area contributed by atoms with Crippen LogP contribution in [-0.4, -0.2) is 7.11 Å². The van der Waals surface area contributed by atoms with Crippen LogP contribution in [0.3, 0.4) is 0 Å². The van der Waals surface area contributed by atoms with Gasteiger partial charge in [0.25, 0.3) is 0 Å². The molecule has 0 saturated carbocycles. The van der Waals surface area contributed by atoms with Gasteiger partial charge in [0.15, 0.2) is 5.75 Å². The minimum absolute atomic E-state index is 0.565. The van der Waals surface area contributed by atoms with Crippen LogP contribution in [0.1, 0.15) is 5.56 Å². The first-order valence-electron chi connectivity index (χ1n) is 3.34. The molecule has 0 heterocycles. The van der Waals surface area contributed by atoms with Gasteiger partial charge in [0.2, 0.25) is 0 Å². The van der Waals surface area contributed by atoms with E-state index in [0.29, 0.717) is 17.1 Å². The summed E-state index contributed by atoms with van der Waals surface area (Å²) < 4.78 is 4.98. The second kappa shape index (κ2) is 2.70. The highest BCUT2D eigenvalue weighted by Gasteiger charge is 2.03. The summed E-state index contributed by atoms with van der Waals surface area (Å²) >= 11 is 0. The van der Waals surface area contributed by atoms with E-state index in [0.717, 1.165) is 5.56 Å². The topological polar surface area (TPSA) is 61.3 Å². The van der Waals surface area contributed by atoms with Crippen LogP contribution in [0.4, 0.5) is 11.4 Å². The number of aryl methyl sites for hydroxylation is 1. The number of nitrogen functional groups attached to an aromatic ring is 2. The second-order valence-electron chi connectivity index (χ2n) is 2.48. The normalized spacial score (nSPS) is 9.64. The minimum Gasteiger partial charge on any atom is -0.492 e. The maximum atomic E-state index is 5.63. The van der Waals surface area contributed by atoms with E-state index in [9.17, 15) is 0 Å². The van der Waals surface area contributed by atoms with Crippen molar-refractivity contribution in [2.75, 3.05) is 18.6 Å². The van der Waals surface area contributed by atoms with Gasteiger partial charge in [-0.15, -0.1) is 0 Å². The maximum absolute atomic E-state index is 5.63. The lowest BCUT2D eigenvalue weighted by Gasteiger charge is -2.07. The summed E-state index contributed by atoms with van der Waals surface area (Å²) in [7, 11) is 1.55. The Morgan fingerprint density at radius 3 is 2.00 bits per heavy atom. The molecule has 0 aliphatic rings. The number of benzene rings is 1. The van der Waals surface area contributed by atoms with Crippen molar-refractivity contribution in [1.29, 1.82) is 0 Å². The monoisotopic (exact) mass is 152 g/mol. The molecule has 0 bridgehead atoms. The lowest BCUT2D eigenvalue weighted by Crippen LogP contribution is -1.98. The summed E-state index contributed by atoms with van der Waals surface area (Å²) in [5, 5.41) is 0. The maximum Gasteiger partial charge on any atom is 0.164 e. The number of rotatable bonds is 1. The standard InChI is InChI=1S/C8H12N2O/c1-5-3-6(9)8(11-2)7(10)4-5/h3-4H,9-10H2,1-2H3. The van der Waals surface area contributed by atoms with E-state index in [1.54, 1.807) is 7.11 Å². The predicted octanol–water partition coefficient (Wildman–Crippen LogP) is 1.17. The highest BCUT2D eigenvalue weighted by atomic mass is 16.5.